The first-order valence-corrected chi connectivity index (χ1v) is 7.70. The van der Waals surface area contributed by atoms with Crippen LogP contribution in [0.1, 0.15) is 25.0 Å². The van der Waals surface area contributed by atoms with Crippen LogP contribution in [0.4, 0.5) is 0 Å². The van der Waals surface area contributed by atoms with Crippen LogP contribution in [0, 0.1) is 13.8 Å². The summed E-state index contributed by atoms with van der Waals surface area (Å²) < 4.78 is 11.5. The molecule has 1 aliphatic heterocycles. The zero-order chi connectivity index (χ0) is 15.4. The second kappa shape index (κ2) is 8.73. The molecule has 126 valence electrons. The largest absolute Gasteiger partial charge is 1.00 e. The number of hydrogen-bond donors (Lipinski definition) is 1. The summed E-state index contributed by atoms with van der Waals surface area (Å²) in [6.07, 6.45) is -0.0394. The minimum Gasteiger partial charge on any atom is -1.00 e. The average molecular weight is 329 g/mol. The Morgan fingerprint density at radius 1 is 1.23 bits per heavy atom. The van der Waals surface area contributed by atoms with E-state index in [1.54, 1.807) is 0 Å². The number of nitrogens with zero attached hydrogens (tertiary/aromatic N) is 1. The number of rotatable bonds is 5. The van der Waals surface area contributed by atoms with Crippen molar-refractivity contribution in [3.8, 4) is 5.75 Å². The number of hydrogen-bond acceptors (Lipinski definition) is 4. The van der Waals surface area contributed by atoms with Gasteiger partial charge in [0.1, 0.15) is 18.5 Å². The molecule has 0 amide bonds. The van der Waals surface area contributed by atoms with Crippen molar-refractivity contribution in [1.29, 1.82) is 0 Å². The topological polar surface area (TPSA) is 41.9 Å². The number of aliphatic hydroxyl groups is 1. The molecule has 1 heterocycles. The van der Waals surface area contributed by atoms with Crippen molar-refractivity contribution in [2.24, 2.45) is 0 Å². The number of aliphatic hydroxyl groups excluding tert-OH is 1. The van der Waals surface area contributed by atoms with E-state index in [1.807, 2.05) is 32.0 Å². The van der Waals surface area contributed by atoms with Crippen LogP contribution in [0.3, 0.4) is 0 Å². The van der Waals surface area contributed by atoms with Gasteiger partial charge >= 0.3 is 0 Å². The Bertz CT molecular complexity index is 439. The Morgan fingerprint density at radius 3 is 2.32 bits per heavy atom. The van der Waals surface area contributed by atoms with E-state index in [1.165, 1.54) is 0 Å². The first-order valence-electron chi connectivity index (χ1n) is 7.70. The monoisotopic (exact) mass is 328 g/mol. The highest BCUT2D eigenvalue weighted by molar-refractivity contribution is 5.39. The van der Waals surface area contributed by atoms with Gasteiger partial charge in [-0.25, -0.2) is 0 Å². The molecule has 0 aromatic heterocycles. The maximum Gasteiger partial charge on any atom is 0.125 e. The molecule has 3 atom stereocenters. The predicted molar refractivity (Wildman–Crippen MR) is 83.9 cm³/mol. The molecule has 0 bridgehead atoms. The number of para-hydroxylation sites is 1. The SMILES string of the molecule is Cc1cccc(C)c1OCC(O)CN1CC(C)OC(C)C1.[Cl-]. The molecular weight excluding hydrogens is 302 g/mol. The number of β-amino-alcohol motifs (C(OH)–C–C–N with tert-alkyl or cyclic N) is 1. The van der Waals surface area contributed by atoms with Gasteiger partial charge in [0.15, 0.2) is 0 Å². The summed E-state index contributed by atoms with van der Waals surface area (Å²) in [7, 11) is 0. The fourth-order valence-electron chi connectivity index (χ4n) is 2.99. The van der Waals surface area contributed by atoms with Crippen molar-refractivity contribution in [2.45, 2.75) is 46.0 Å². The van der Waals surface area contributed by atoms with Crippen molar-refractivity contribution >= 4 is 0 Å². The molecule has 3 unspecified atom stereocenters. The van der Waals surface area contributed by atoms with Gasteiger partial charge in [-0.1, -0.05) is 18.2 Å². The van der Waals surface area contributed by atoms with E-state index in [9.17, 15) is 5.11 Å². The van der Waals surface area contributed by atoms with Gasteiger partial charge in [0.05, 0.1) is 12.2 Å². The standard InChI is InChI=1S/C17H27NO3.ClH/c1-12-6-5-7-13(2)17(12)20-11-16(19)10-18-8-14(3)21-15(4)9-18;/h5-7,14-16,19H,8-11H2,1-4H3;1H/p-1. The van der Waals surface area contributed by atoms with E-state index < -0.39 is 6.10 Å². The molecule has 1 fully saturated rings. The molecule has 5 heteroatoms. The van der Waals surface area contributed by atoms with Crippen LogP contribution in [-0.2, 0) is 4.74 Å². The maximum absolute atomic E-state index is 10.2. The fraction of sp³-hybridized carbons (Fsp3) is 0.647. The summed E-state index contributed by atoms with van der Waals surface area (Å²) in [5.41, 5.74) is 2.21. The third kappa shape index (κ3) is 5.43. The highest BCUT2D eigenvalue weighted by Crippen LogP contribution is 2.22. The maximum atomic E-state index is 10.2. The number of ether oxygens (including phenoxy) is 2. The van der Waals surface area contributed by atoms with Crippen LogP contribution in [-0.4, -0.2) is 54.6 Å². The lowest BCUT2D eigenvalue weighted by Crippen LogP contribution is -3.00. The Morgan fingerprint density at radius 2 is 1.77 bits per heavy atom. The summed E-state index contributed by atoms with van der Waals surface area (Å²) in [5.74, 6) is 0.889. The zero-order valence-electron chi connectivity index (χ0n) is 13.9. The lowest BCUT2D eigenvalue weighted by Gasteiger charge is -2.36. The summed E-state index contributed by atoms with van der Waals surface area (Å²) >= 11 is 0. The number of halogens is 1. The van der Waals surface area contributed by atoms with Gasteiger partial charge in [-0.2, -0.15) is 0 Å². The number of benzene rings is 1. The minimum absolute atomic E-state index is 0. The van der Waals surface area contributed by atoms with Gasteiger partial charge in [0, 0.05) is 19.6 Å². The summed E-state index contributed by atoms with van der Waals surface area (Å²) in [6.45, 7) is 10.9. The summed E-state index contributed by atoms with van der Waals surface area (Å²) in [5, 5.41) is 10.2. The molecule has 1 aromatic rings. The molecule has 2 rings (SSSR count). The molecule has 0 radical (unpaired) electrons. The van der Waals surface area contributed by atoms with E-state index in [0.717, 1.165) is 30.0 Å². The highest BCUT2D eigenvalue weighted by Gasteiger charge is 2.24. The smallest absolute Gasteiger partial charge is 0.125 e. The molecule has 22 heavy (non-hydrogen) atoms. The van der Waals surface area contributed by atoms with Crippen molar-refractivity contribution in [3.05, 3.63) is 29.3 Å². The highest BCUT2D eigenvalue weighted by atomic mass is 35.5. The minimum atomic E-state index is -0.485. The lowest BCUT2D eigenvalue weighted by molar-refractivity contribution is -0.0787. The molecule has 4 nitrogen and oxygen atoms in total. The van der Waals surface area contributed by atoms with E-state index in [4.69, 9.17) is 9.47 Å². The average Bonchev–Trinajstić information content (AvgIpc) is 2.36. The molecule has 1 saturated heterocycles. The Balaban J connectivity index is 0.00000242. The van der Waals surface area contributed by atoms with Crippen molar-refractivity contribution in [3.63, 3.8) is 0 Å². The van der Waals surface area contributed by atoms with E-state index in [-0.39, 0.29) is 24.6 Å². The van der Waals surface area contributed by atoms with Crippen LogP contribution >= 0.6 is 0 Å². The Kier molecular flexibility index (Phi) is 7.63. The van der Waals surface area contributed by atoms with Crippen molar-refractivity contribution in [1.82, 2.24) is 4.90 Å². The zero-order valence-corrected chi connectivity index (χ0v) is 14.6. The van der Waals surface area contributed by atoms with Crippen LogP contribution in [0.5, 0.6) is 5.75 Å². The van der Waals surface area contributed by atoms with E-state index in [0.29, 0.717) is 13.2 Å². The normalized spacial score (nSPS) is 23.7. The van der Waals surface area contributed by atoms with Gasteiger partial charge in [-0.3, -0.25) is 4.90 Å². The number of morpholine rings is 1. The van der Waals surface area contributed by atoms with Crippen molar-refractivity contribution in [2.75, 3.05) is 26.2 Å². The quantitative estimate of drug-likeness (QED) is 0.765. The Labute approximate surface area is 139 Å². The third-order valence-corrected chi connectivity index (χ3v) is 3.79. The van der Waals surface area contributed by atoms with Crippen LogP contribution < -0.4 is 17.1 Å². The first-order chi connectivity index (χ1) is 9.95. The summed E-state index contributed by atoms with van der Waals surface area (Å²) in [6, 6.07) is 6.07. The molecule has 1 aromatic carbocycles. The molecule has 1 aliphatic rings. The molecule has 1 N–H and O–H groups in total. The predicted octanol–water partition coefficient (Wildman–Crippen LogP) is -0.844. The second-order valence-corrected chi connectivity index (χ2v) is 6.16. The van der Waals surface area contributed by atoms with Gasteiger partial charge in [-0.05, 0) is 38.8 Å². The second-order valence-electron chi connectivity index (χ2n) is 6.16. The van der Waals surface area contributed by atoms with Gasteiger partial charge in [0.25, 0.3) is 0 Å². The fourth-order valence-corrected chi connectivity index (χ4v) is 2.99. The van der Waals surface area contributed by atoms with Crippen molar-refractivity contribution < 1.29 is 27.0 Å². The van der Waals surface area contributed by atoms with E-state index in [2.05, 4.69) is 18.7 Å². The van der Waals surface area contributed by atoms with E-state index >= 15 is 0 Å². The molecule has 0 spiro atoms. The Hall–Kier alpha value is -0.810. The van der Waals surface area contributed by atoms with Crippen LogP contribution in [0.2, 0.25) is 0 Å². The number of aryl methyl sites for hydroxylation is 2. The molecule has 0 saturated carbocycles. The third-order valence-electron chi connectivity index (χ3n) is 3.79. The molecule has 0 aliphatic carbocycles. The van der Waals surface area contributed by atoms with Crippen LogP contribution in [0.25, 0.3) is 0 Å². The van der Waals surface area contributed by atoms with Gasteiger partial charge in [0.2, 0.25) is 0 Å². The molecular formula is C17H27ClNO3-. The first kappa shape index (κ1) is 19.2. The van der Waals surface area contributed by atoms with Crippen LogP contribution in [0.15, 0.2) is 18.2 Å². The van der Waals surface area contributed by atoms with Gasteiger partial charge in [-0.15, -0.1) is 0 Å². The van der Waals surface area contributed by atoms with Gasteiger partial charge < -0.3 is 27.0 Å². The lowest BCUT2D eigenvalue weighted by atomic mass is 10.1. The summed E-state index contributed by atoms with van der Waals surface area (Å²) in [4.78, 5) is 2.25.